The van der Waals surface area contributed by atoms with Gasteiger partial charge in [-0.25, -0.2) is 9.67 Å². The lowest BCUT2D eigenvalue weighted by atomic mass is 10.0. The van der Waals surface area contributed by atoms with E-state index in [1.165, 1.54) is 12.8 Å². The van der Waals surface area contributed by atoms with Gasteiger partial charge < -0.3 is 10.1 Å². The molecule has 0 spiro atoms. The second-order valence-corrected chi connectivity index (χ2v) is 7.85. The Morgan fingerprint density at radius 2 is 2.00 bits per heavy atom. The van der Waals surface area contributed by atoms with Crippen LogP contribution in [0.1, 0.15) is 43.4 Å². The van der Waals surface area contributed by atoms with Gasteiger partial charge in [0, 0.05) is 23.7 Å². The molecule has 1 amide bonds. The van der Waals surface area contributed by atoms with Gasteiger partial charge in [-0.1, -0.05) is 25.0 Å². The molecule has 152 valence electrons. The number of hydrogen-bond acceptors (Lipinski definition) is 4. The maximum atomic E-state index is 12.4. The van der Waals surface area contributed by atoms with Gasteiger partial charge in [0.1, 0.15) is 11.4 Å². The van der Waals surface area contributed by atoms with E-state index in [0.29, 0.717) is 19.0 Å². The molecule has 0 bridgehead atoms. The molecule has 2 heterocycles. The second-order valence-electron chi connectivity index (χ2n) is 7.85. The molecular weight excluding hydrogens is 364 g/mol. The number of methoxy groups -OCH3 is 1. The van der Waals surface area contributed by atoms with Crippen molar-refractivity contribution in [3.8, 4) is 17.0 Å². The van der Waals surface area contributed by atoms with E-state index in [1.807, 2.05) is 35.9 Å². The maximum Gasteiger partial charge on any atom is 0.222 e. The molecule has 1 N–H and O–H groups in total. The van der Waals surface area contributed by atoms with E-state index in [4.69, 9.17) is 14.8 Å². The van der Waals surface area contributed by atoms with E-state index >= 15 is 0 Å². The lowest BCUT2D eigenvalue weighted by molar-refractivity contribution is -0.122. The number of carbonyl (C=O) groups excluding carboxylic acids is 1. The molecule has 6 nitrogen and oxygen atoms in total. The lowest BCUT2D eigenvalue weighted by Crippen LogP contribution is -2.33. The zero-order valence-corrected chi connectivity index (χ0v) is 17.4. The van der Waals surface area contributed by atoms with Crippen LogP contribution in [0.15, 0.2) is 30.3 Å². The molecule has 1 fully saturated rings. The number of para-hydroxylation sites is 1. The van der Waals surface area contributed by atoms with Gasteiger partial charge in [0.15, 0.2) is 5.65 Å². The highest BCUT2D eigenvalue weighted by Gasteiger charge is 2.20. The number of nitrogens with one attached hydrogen (secondary N) is 1. The van der Waals surface area contributed by atoms with Crippen LogP contribution < -0.4 is 10.1 Å². The minimum Gasteiger partial charge on any atom is -0.496 e. The number of ether oxygens (including phenoxy) is 1. The summed E-state index contributed by atoms with van der Waals surface area (Å²) in [4.78, 5) is 17.2. The summed E-state index contributed by atoms with van der Waals surface area (Å²) < 4.78 is 7.43. The molecule has 0 atom stereocenters. The van der Waals surface area contributed by atoms with Crippen LogP contribution in [-0.2, 0) is 11.3 Å². The molecule has 2 aromatic heterocycles. The smallest absolute Gasteiger partial charge is 0.222 e. The van der Waals surface area contributed by atoms with Crippen LogP contribution in [0.5, 0.6) is 5.75 Å². The Balaban J connectivity index is 1.68. The Hall–Kier alpha value is -2.89. The standard InChI is InChI=1S/C23H28N4O2/c1-15-14-16(2)24-23-21(15)22(18-10-6-7-11-19(18)29-3)26-27(23)13-12-20(28)25-17-8-4-5-9-17/h6-7,10-11,14,17H,4-5,8-9,12-13H2,1-3H3,(H,25,28). The molecule has 29 heavy (non-hydrogen) atoms. The minimum atomic E-state index is 0.0868. The number of pyridine rings is 1. The highest BCUT2D eigenvalue weighted by molar-refractivity contribution is 5.95. The fourth-order valence-electron chi connectivity index (χ4n) is 4.28. The third-order valence-corrected chi connectivity index (χ3v) is 5.66. The zero-order valence-electron chi connectivity index (χ0n) is 17.4. The Morgan fingerprint density at radius 1 is 1.24 bits per heavy atom. The number of aromatic nitrogens is 3. The molecule has 1 aliphatic carbocycles. The summed E-state index contributed by atoms with van der Waals surface area (Å²) in [6, 6.07) is 10.3. The molecule has 0 radical (unpaired) electrons. The normalized spacial score (nSPS) is 14.4. The summed E-state index contributed by atoms with van der Waals surface area (Å²) >= 11 is 0. The number of rotatable bonds is 6. The molecule has 0 saturated heterocycles. The fourth-order valence-corrected chi connectivity index (χ4v) is 4.28. The van der Waals surface area contributed by atoms with E-state index in [2.05, 4.69) is 18.3 Å². The maximum absolute atomic E-state index is 12.4. The van der Waals surface area contributed by atoms with Crippen LogP contribution in [0.2, 0.25) is 0 Å². The summed E-state index contributed by atoms with van der Waals surface area (Å²) in [7, 11) is 1.67. The summed E-state index contributed by atoms with van der Waals surface area (Å²) in [6.07, 6.45) is 4.99. The summed E-state index contributed by atoms with van der Waals surface area (Å²) in [6.45, 7) is 4.56. The van der Waals surface area contributed by atoms with Crippen molar-refractivity contribution in [1.82, 2.24) is 20.1 Å². The predicted octanol–water partition coefficient (Wildman–Crippen LogP) is 4.17. The first-order chi connectivity index (χ1) is 14.1. The Bertz CT molecular complexity index is 1030. The summed E-state index contributed by atoms with van der Waals surface area (Å²) in [5.74, 6) is 0.863. The van der Waals surface area contributed by atoms with Crippen molar-refractivity contribution in [2.45, 2.75) is 58.5 Å². The molecule has 0 unspecified atom stereocenters. The van der Waals surface area contributed by atoms with Gasteiger partial charge in [-0.2, -0.15) is 5.10 Å². The van der Waals surface area contributed by atoms with Crippen LogP contribution in [-0.4, -0.2) is 33.8 Å². The number of nitrogens with zero attached hydrogens (tertiary/aromatic N) is 3. The molecular formula is C23H28N4O2. The SMILES string of the molecule is COc1ccccc1-c1nn(CCC(=O)NC2CCCC2)c2nc(C)cc(C)c12. The molecule has 6 heteroatoms. The molecule has 3 aromatic rings. The van der Waals surface area contributed by atoms with Crippen molar-refractivity contribution >= 4 is 16.9 Å². The average Bonchev–Trinajstić information content (AvgIpc) is 3.34. The first-order valence-corrected chi connectivity index (χ1v) is 10.3. The third-order valence-electron chi connectivity index (χ3n) is 5.66. The van der Waals surface area contributed by atoms with Crippen LogP contribution >= 0.6 is 0 Å². The Labute approximate surface area is 171 Å². The number of benzene rings is 1. The van der Waals surface area contributed by atoms with Crippen molar-refractivity contribution < 1.29 is 9.53 Å². The quantitative estimate of drug-likeness (QED) is 0.683. The fraction of sp³-hybridized carbons (Fsp3) is 0.435. The highest BCUT2D eigenvalue weighted by atomic mass is 16.5. The van der Waals surface area contributed by atoms with Crippen LogP contribution in [0.3, 0.4) is 0 Å². The second kappa shape index (κ2) is 8.23. The van der Waals surface area contributed by atoms with Gasteiger partial charge in [0.2, 0.25) is 5.91 Å². The van der Waals surface area contributed by atoms with E-state index in [-0.39, 0.29) is 5.91 Å². The number of aryl methyl sites for hydroxylation is 3. The molecule has 1 aromatic carbocycles. The Kier molecular flexibility index (Phi) is 5.51. The predicted molar refractivity (Wildman–Crippen MR) is 114 cm³/mol. The van der Waals surface area contributed by atoms with Crippen molar-refractivity contribution in [3.63, 3.8) is 0 Å². The van der Waals surface area contributed by atoms with E-state index < -0.39 is 0 Å². The number of fused-ring (bicyclic) bond motifs is 1. The Morgan fingerprint density at radius 3 is 2.76 bits per heavy atom. The van der Waals surface area contributed by atoms with Gasteiger partial charge in [-0.3, -0.25) is 4.79 Å². The molecule has 1 aliphatic rings. The van der Waals surface area contributed by atoms with Crippen molar-refractivity contribution in [3.05, 3.63) is 41.6 Å². The van der Waals surface area contributed by atoms with E-state index in [9.17, 15) is 4.79 Å². The van der Waals surface area contributed by atoms with Crippen molar-refractivity contribution in [2.24, 2.45) is 0 Å². The summed E-state index contributed by atoms with van der Waals surface area (Å²) in [5.41, 5.74) is 4.66. The largest absolute Gasteiger partial charge is 0.496 e. The van der Waals surface area contributed by atoms with E-state index in [1.54, 1.807) is 7.11 Å². The van der Waals surface area contributed by atoms with E-state index in [0.717, 1.165) is 52.1 Å². The monoisotopic (exact) mass is 392 g/mol. The first kappa shape index (κ1) is 19.4. The summed E-state index contributed by atoms with van der Waals surface area (Å²) in [5, 5.41) is 9.03. The van der Waals surface area contributed by atoms with Crippen LogP contribution in [0.25, 0.3) is 22.3 Å². The van der Waals surface area contributed by atoms with Gasteiger partial charge in [-0.05, 0) is 50.5 Å². The van der Waals surface area contributed by atoms with Crippen molar-refractivity contribution in [2.75, 3.05) is 7.11 Å². The van der Waals surface area contributed by atoms with Crippen LogP contribution in [0, 0.1) is 13.8 Å². The van der Waals surface area contributed by atoms with Gasteiger partial charge >= 0.3 is 0 Å². The molecule has 4 rings (SSSR count). The van der Waals surface area contributed by atoms with Crippen LogP contribution in [0.4, 0.5) is 0 Å². The molecule has 0 aliphatic heterocycles. The topological polar surface area (TPSA) is 69.0 Å². The number of amides is 1. The van der Waals surface area contributed by atoms with Gasteiger partial charge in [0.25, 0.3) is 0 Å². The van der Waals surface area contributed by atoms with Gasteiger partial charge in [-0.15, -0.1) is 0 Å². The number of carbonyl (C=O) groups is 1. The highest BCUT2D eigenvalue weighted by Crippen LogP contribution is 2.35. The van der Waals surface area contributed by atoms with Crippen molar-refractivity contribution in [1.29, 1.82) is 0 Å². The zero-order chi connectivity index (χ0) is 20.4. The lowest BCUT2D eigenvalue weighted by Gasteiger charge is -2.11. The average molecular weight is 393 g/mol. The first-order valence-electron chi connectivity index (χ1n) is 10.3. The molecule has 1 saturated carbocycles. The minimum absolute atomic E-state index is 0.0868. The third kappa shape index (κ3) is 3.97. The van der Waals surface area contributed by atoms with Gasteiger partial charge in [0.05, 0.1) is 19.0 Å². The number of hydrogen-bond donors (Lipinski definition) is 1.